The fourth-order valence-electron chi connectivity index (χ4n) is 3.62. The molecule has 0 saturated heterocycles. The number of aromatic nitrogens is 1. The molecule has 3 aromatic rings. The van der Waals surface area contributed by atoms with Crippen molar-refractivity contribution >= 4 is 57.4 Å². The molecule has 0 bridgehead atoms. The van der Waals surface area contributed by atoms with E-state index >= 15 is 0 Å². The Morgan fingerprint density at radius 2 is 2.00 bits per heavy atom. The predicted molar refractivity (Wildman–Crippen MR) is 130 cm³/mol. The van der Waals surface area contributed by atoms with E-state index in [2.05, 4.69) is 15.6 Å². The van der Waals surface area contributed by atoms with E-state index in [0.29, 0.717) is 32.7 Å². The number of thiophene rings is 1. The molecular formula is C24H21Cl2N3O2S. The van der Waals surface area contributed by atoms with Gasteiger partial charge < -0.3 is 10.6 Å². The molecule has 1 aromatic carbocycles. The molecule has 1 aliphatic carbocycles. The van der Waals surface area contributed by atoms with Crippen LogP contribution >= 0.6 is 34.5 Å². The van der Waals surface area contributed by atoms with E-state index in [1.807, 2.05) is 12.1 Å². The summed E-state index contributed by atoms with van der Waals surface area (Å²) >= 11 is 13.6. The Labute approximate surface area is 200 Å². The van der Waals surface area contributed by atoms with Crippen molar-refractivity contribution in [3.8, 4) is 0 Å². The zero-order valence-corrected chi connectivity index (χ0v) is 19.5. The van der Waals surface area contributed by atoms with Crippen LogP contribution in [0.15, 0.2) is 48.8 Å². The summed E-state index contributed by atoms with van der Waals surface area (Å²) in [6, 6.07) is 8.82. The molecule has 0 saturated carbocycles. The number of carbonyl (C=O) groups excluding carboxylic acids is 2. The second-order valence-corrected chi connectivity index (χ2v) is 9.40. The maximum atomic E-state index is 13.1. The van der Waals surface area contributed by atoms with Crippen LogP contribution in [0, 0.1) is 0 Å². The van der Waals surface area contributed by atoms with E-state index in [9.17, 15) is 9.59 Å². The number of anilines is 1. The fraction of sp³-hybridized carbons (Fsp3) is 0.208. The van der Waals surface area contributed by atoms with Gasteiger partial charge in [-0.15, -0.1) is 11.3 Å². The number of hydrogen-bond acceptors (Lipinski definition) is 4. The summed E-state index contributed by atoms with van der Waals surface area (Å²) in [5.74, 6) is -0.510. The SMILES string of the molecule is O=C(C=Cc1ccc(Cl)cc1Cl)Nc1sc2c(c1C(=O)NCc1cccnc1)CCCC2. The van der Waals surface area contributed by atoms with E-state index in [0.717, 1.165) is 36.8 Å². The summed E-state index contributed by atoms with van der Waals surface area (Å²) < 4.78 is 0. The summed E-state index contributed by atoms with van der Waals surface area (Å²) in [5.41, 5.74) is 3.22. The molecule has 8 heteroatoms. The number of hydrogen-bond donors (Lipinski definition) is 2. The van der Waals surface area contributed by atoms with Gasteiger partial charge >= 0.3 is 0 Å². The lowest BCUT2D eigenvalue weighted by Crippen LogP contribution is -2.25. The van der Waals surface area contributed by atoms with E-state index < -0.39 is 0 Å². The number of pyridine rings is 1. The molecule has 0 atom stereocenters. The Balaban J connectivity index is 1.52. The molecule has 164 valence electrons. The van der Waals surface area contributed by atoms with Crippen LogP contribution in [-0.4, -0.2) is 16.8 Å². The van der Waals surface area contributed by atoms with Crippen molar-refractivity contribution in [2.24, 2.45) is 0 Å². The van der Waals surface area contributed by atoms with Crippen LogP contribution in [0.2, 0.25) is 10.0 Å². The van der Waals surface area contributed by atoms with Crippen molar-refractivity contribution < 1.29 is 9.59 Å². The highest BCUT2D eigenvalue weighted by Crippen LogP contribution is 2.38. The van der Waals surface area contributed by atoms with Crippen LogP contribution in [-0.2, 0) is 24.2 Å². The fourth-order valence-corrected chi connectivity index (χ4v) is 5.38. The van der Waals surface area contributed by atoms with Gasteiger partial charge in [-0.1, -0.05) is 35.3 Å². The Hall–Kier alpha value is -2.67. The number of benzene rings is 1. The van der Waals surface area contributed by atoms with Gasteiger partial charge in [0.15, 0.2) is 0 Å². The van der Waals surface area contributed by atoms with Crippen LogP contribution in [0.25, 0.3) is 6.08 Å². The van der Waals surface area contributed by atoms with Crippen molar-refractivity contribution in [2.75, 3.05) is 5.32 Å². The molecule has 4 rings (SSSR count). The van der Waals surface area contributed by atoms with Crippen LogP contribution in [0.1, 0.15) is 44.8 Å². The number of rotatable bonds is 6. The minimum atomic E-state index is -0.323. The molecule has 2 heterocycles. The van der Waals surface area contributed by atoms with Crippen LogP contribution in [0.4, 0.5) is 5.00 Å². The lowest BCUT2D eigenvalue weighted by Gasteiger charge is -2.13. The lowest BCUT2D eigenvalue weighted by molar-refractivity contribution is -0.111. The molecule has 2 N–H and O–H groups in total. The molecule has 0 fully saturated rings. The second kappa shape index (κ2) is 10.3. The van der Waals surface area contributed by atoms with Gasteiger partial charge in [0.25, 0.3) is 5.91 Å². The summed E-state index contributed by atoms with van der Waals surface area (Å²) in [7, 11) is 0. The molecule has 0 aliphatic heterocycles. The topological polar surface area (TPSA) is 71.1 Å². The Kier molecular flexibility index (Phi) is 7.25. The summed E-state index contributed by atoms with van der Waals surface area (Å²) in [4.78, 5) is 31.0. The van der Waals surface area contributed by atoms with E-state index in [1.165, 1.54) is 22.3 Å². The van der Waals surface area contributed by atoms with Gasteiger partial charge in [-0.3, -0.25) is 14.6 Å². The molecule has 0 unspecified atom stereocenters. The third kappa shape index (κ3) is 5.38. The molecule has 2 aromatic heterocycles. The number of fused-ring (bicyclic) bond motifs is 1. The smallest absolute Gasteiger partial charge is 0.254 e. The predicted octanol–water partition coefficient (Wildman–Crippen LogP) is 5.91. The number of carbonyl (C=O) groups is 2. The lowest BCUT2D eigenvalue weighted by atomic mass is 9.95. The maximum Gasteiger partial charge on any atom is 0.254 e. The Bertz CT molecular complexity index is 1180. The summed E-state index contributed by atoms with van der Waals surface area (Å²) in [5, 5.41) is 7.44. The highest BCUT2D eigenvalue weighted by molar-refractivity contribution is 7.17. The average molecular weight is 486 g/mol. The first-order valence-corrected chi connectivity index (χ1v) is 11.8. The normalized spacial score (nSPS) is 13.1. The number of nitrogens with zero attached hydrogens (tertiary/aromatic N) is 1. The number of nitrogens with one attached hydrogen (secondary N) is 2. The van der Waals surface area contributed by atoms with Gasteiger partial charge in [-0.25, -0.2) is 0 Å². The molecule has 5 nitrogen and oxygen atoms in total. The quantitative estimate of drug-likeness (QED) is 0.426. The van der Waals surface area contributed by atoms with Gasteiger partial charge in [0, 0.05) is 39.9 Å². The standard InChI is InChI=1S/C24H21Cl2N3O2S/c25-17-9-7-16(19(26)12-17)8-10-21(30)29-24-22(18-5-1-2-6-20(18)32-24)23(31)28-14-15-4-3-11-27-13-15/h3-4,7-13H,1-2,5-6,14H2,(H,28,31)(H,29,30). The van der Waals surface area contributed by atoms with Gasteiger partial charge in [0.2, 0.25) is 5.91 Å². The Morgan fingerprint density at radius 1 is 1.16 bits per heavy atom. The first-order valence-electron chi connectivity index (χ1n) is 10.3. The van der Waals surface area contributed by atoms with E-state index in [4.69, 9.17) is 23.2 Å². The highest BCUT2D eigenvalue weighted by Gasteiger charge is 2.26. The first kappa shape index (κ1) is 22.5. The third-order valence-corrected chi connectivity index (χ3v) is 6.96. The zero-order valence-electron chi connectivity index (χ0n) is 17.2. The van der Waals surface area contributed by atoms with Gasteiger partial charge in [-0.2, -0.15) is 0 Å². The third-order valence-electron chi connectivity index (χ3n) is 5.19. The number of amides is 2. The van der Waals surface area contributed by atoms with Crippen molar-refractivity contribution in [1.82, 2.24) is 10.3 Å². The highest BCUT2D eigenvalue weighted by atomic mass is 35.5. The Morgan fingerprint density at radius 3 is 2.78 bits per heavy atom. The van der Waals surface area contributed by atoms with Crippen molar-refractivity contribution in [1.29, 1.82) is 0 Å². The minimum Gasteiger partial charge on any atom is -0.348 e. The molecule has 2 amide bonds. The molecule has 0 radical (unpaired) electrons. The zero-order chi connectivity index (χ0) is 22.5. The maximum absolute atomic E-state index is 13.1. The monoisotopic (exact) mass is 485 g/mol. The van der Waals surface area contributed by atoms with E-state index in [1.54, 1.807) is 36.7 Å². The number of halogens is 2. The largest absolute Gasteiger partial charge is 0.348 e. The summed E-state index contributed by atoms with van der Waals surface area (Å²) in [6.07, 6.45) is 10.3. The van der Waals surface area contributed by atoms with Crippen LogP contribution < -0.4 is 10.6 Å². The van der Waals surface area contributed by atoms with Crippen LogP contribution in [0.5, 0.6) is 0 Å². The molecule has 0 spiro atoms. The van der Waals surface area contributed by atoms with E-state index in [-0.39, 0.29) is 11.8 Å². The molecular weight excluding hydrogens is 465 g/mol. The summed E-state index contributed by atoms with van der Waals surface area (Å²) in [6.45, 7) is 0.375. The van der Waals surface area contributed by atoms with Gasteiger partial charge in [-0.05, 0) is 66.6 Å². The average Bonchev–Trinajstić information content (AvgIpc) is 3.15. The molecule has 1 aliphatic rings. The minimum absolute atomic E-state index is 0.187. The second-order valence-electron chi connectivity index (χ2n) is 7.45. The first-order chi connectivity index (χ1) is 15.5. The molecule has 32 heavy (non-hydrogen) atoms. The van der Waals surface area contributed by atoms with Gasteiger partial charge in [0.1, 0.15) is 5.00 Å². The van der Waals surface area contributed by atoms with Crippen molar-refractivity contribution in [2.45, 2.75) is 32.2 Å². The van der Waals surface area contributed by atoms with Crippen molar-refractivity contribution in [3.05, 3.63) is 86.0 Å². The number of aryl methyl sites for hydroxylation is 1. The van der Waals surface area contributed by atoms with Gasteiger partial charge in [0.05, 0.1) is 5.56 Å². The van der Waals surface area contributed by atoms with Crippen molar-refractivity contribution in [3.63, 3.8) is 0 Å². The van der Waals surface area contributed by atoms with Crippen LogP contribution in [0.3, 0.4) is 0 Å².